The molecule has 1 atom stereocenters. The summed E-state index contributed by atoms with van der Waals surface area (Å²) in [5, 5.41) is 17.3. The fraction of sp³-hybridized carbons (Fsp3) is 0.400. The average Bonchev–Trinajstić information content (AvgIpc) is 2.26. The first-order valence-corrected chi connectivity index (χ1v) is 6.72. The van der Waals surface area contributed by atoms with Crippen LogP contribution in [0.3, 0.4) is 0 Å². The van der Waals surface area contributed by atoms with E-state index in [0.29, 0.717) is 11.4 Å². The molecule has 1 rings (SSSR count). The van der Waals surface area contributed by atoms with Crippen molar-refractivity contribution in [3.8, 4) is 0 Å². The molecule has 0 aliphatic carbocycles. The molecule has 0 saturated heterocycles. The zero-order chi connectivity index (χ0) is 13.8. The first kappa shape index (κ1) is 14.7. The molecule has 18 heavy (non-hydrogen) atoms. The van der Waals surface area contributed by atoms with Gasteiger partial charge in [0, 0.05) is 19.3 Å². The largest absolute Gasteiger partial charge is 0.399 e. The zero-order valence-electron chi connectivity index (χ0n) is 9.96. The summed E-state index contributed by atoms with van der Waals surface area (Å²) in [4.78, 5) is -0.105. The highest BCUT2D eigenvalue weighted by Gasteiger charge is 2.15. The van der Waals surface area contributed by atoms with Gasteiger partial charge in [-0.15, -0.1) is 0 Å². The van der Waals surface area contributed by atoms with Gasteiger partial charge in [0.05, 0.1) is 18.4 Å². The molecular weight excluding hydrogens is 258 g/mol. The van der Waals surface area contributed by atoms with Gasteiger partial charge in [-0.25, -0.2) is 13.6 Å². The summed E-state index contributed by atoms with van der Waals surface area (Å²) in [7, 11) is -2.41. The van der Waals surface area contributed by atoms with Crippen LogP contribution >= 0.6 is 0 Å². The Balaban J connectivity index is 2.89. The molecule has 7 nitrogen and oxygen atoms in total. The summed E-state index contributed by atoms with van der Waals surface area (Å²) in [6, 6.07) is 4.30. The standard InChI is InChI=1S/C10H17N3O4S/c1-17-6-8(14)5-13-9-3-2-7(11)4-10(9)18(12,15)16/h2-4,8,13-14H,5-6,11H2,1H3,(H2,12,15,16). The highest BCUT2D eigenvalue weighted by molar-refractivity contribution is 7.89. The monoisotopic (exact) mass is 275 g/mol. The Morgan fingerprint density at radius 1 is 1.50 bits per heavy atom. The van der Waals surface area contributed by atoms with Crippen LogP contribution in [-0.2, 0) is 14.8 Å². The van der Waals surface area contributed by atoms with E-state index < -0.39 is 16.1 Å². The second kappa shape index (κ2) is 6.01. The molecule has 0 amide bonds. The fourth-order valence-corrected chi connectivity index (χ4v) is 2.15. The molecule has 0 fully saturated rings. The topological polar surface area (TPSA) is 128 Å². The summed E-state index contributed by atoms with van der Waals surface area (Å²) in [6.45, 7) is 0.285. The van der Waals surface area contributed by atoms with E-state index in [1.807, 2.05) is 0 Å². The third-order valence-electron chi connectivity index (χ3n) is 2.20. The Kier molecular flexibility index (Phi) is 4.91. The normalized spacial score (nSPS) is 13.3. The van der Waals surface area contributed by atoms with E-state index >= 15 is 0 Å². The van der Waals surface area contributed by atoms with Crippen LogP contribution in [-0.4, -0.2) is 39.9 Å². The third kappa shape index (κ3) is 4.15. The molecule has 0 aliphatic heterocycles. The molecule has 6 N–H and O–H groups in total. The summed E-state index contributed by atoms with van der Waals surface area (Å²) >= 11 is 0. The molecule has 0 heterocycles. The van der Waals surface area contributed by atoms with Crippen LogP contribution in [0.25, 0.3) is 0 Å². The summed E-state index contributed by atoms with van der Waals surface area (Å²) < 4.78 is 27.5. The number of hydrogen-bond donors (Lipinski definition) is 4. The maximum atomic E-state index is 11.4. The van der Waals surface area contributed by atoms with Gasteiger partial charge in [0.2, 0.25) is 10.0 Å². The van der Waals surface area contributed by atoms with Crippen LogP contribution in [0.2, 0.25) is 0 Å². The quantitative estimate of drug-likeness (QED) is 0.510. The van der Waals surface area contributed by atoms with Crippen molar-refractivity contribution in [3.05, 3.63) is 18.2 Å². The Bertz CT molecular complexity index is 504. The third-order valence-corrected chi connectivity index (χ3v) is 3.15. The number of rotatable bonds is 6. The number of sulfonamides is 1. The Morgan fingerprint density at radius 2 is 2.17 bits per heavy atom. The van der Waals surface area contributed by atoms with Gasteiger partial charge in [0.15, 0.2) is 0 Å². The van der Waals surface area contributed by atoms with Gasteiger partial charge >= 0.3 is 0 Å². The van der Waals surface area contributed by atoms with Crippen molar-refractivity contribution in [2.75, 3.05) is 31.3 Å². The molecule has 0 spiro atoms. The van der Waals surface area contributed by atoms with Crippen LogP contribution in [0.15, 0.2) is 23.1 Å². The van der Waals surface area contributed by atoms with Crippen molar-refractivity contribution in [2.45, 2.75) is 11.0 Å². The van der Waals surface area contributed by atoms with E-state index in [1.165, 1.54) is 19.2 Å². The van der Waals surface area contributed by atoms with Crippen LogP contribution in [0.4, 0.5) is 11.4 Å². The maximum Gasteiger partial charge on any atom is 0.240 e. The Morgan fingerprint density at radius 3 is 2.72 bits per heavy atom. The number of aliphatic hydroxyl groups excluding tert-OH is 1. The van der Waals surface area contributed by atoms with E-state index in [4.69, 9.17) is 15.6 Å². The SMILES string of the molecule is COCC(O)CNc1ccc(N)cc1S(N)(=O)=O. The number of methoxy groups -OCH3 is 1. The molecule has 0 aromatic heterocycles. The lowest BCUT2D eigenvalue weighted by molar-refractivity contribution is 0.0727. The van der Waals surface area contributed by atoms with Crippen molar-refractivity contribution in [1.29, 1.82) is 0 Å². The molecular formula is C10H17N3O4S. The molecule has 1 unspecified atom stereocenters. The number of nitrogens with two attached hydrogens (primary N) is 2. The van der Waals surface area contributed by atoms with E-state index in [2.05, 4.69) is 5.32 Å². The minimum absolute atomic E-state index is 0.105. The van der Waals surface area contributed by atoms with Gasteiger partial charge in [-0.3, -0.25) is 0 Å². The fourth-order valence-electron chi connectivity index (χ4n) is 1.40. The summed E-state index contributed by atoms with van der Waals surface area (Å²) in [5.74, 6) is 0. The number of hydrogen-bond acceptors (Lipinski definition) is 6. The van der Waals surface area contributed by atoms with Crippen LogP contribution in [0.1, 0.15) is 0 Å². The molecule has 0 aliphatic rings. The molecule has 1 aromatic rings. The minimum Gasteiger partial charge on any atom is -0.399 e. The number of primary sulfonamides is 1. The smallest absolute Gasteiger partial charge is 0.240 e. The molecule has 0 bridgehead atoms. The van der Waals surface area contributed by atoms with Gasteiger partial charge in [-0.05, 0) is 18.2 Å². The van der Waals surface area contributed by atoms with Crippen molar-refractivity contribution in [2.24, 2.45) is 5.14 Å². The van der Waals surface area contributed by atoms with E-state index in [1.54, 1.807) is 6.07 Å². The van der Waals surface area contributed by atoms with Crippen LogP contribution in [0, 0.1) is 0 Å². The van der Waals surface area contributed by atoms with Crippen molar-refractivity contribution >= 4 is 21.4 Å². The Hall–Kier alpha value is -1.35. The second-order valence-electron chi connectivity index (χ2n) is 3.79. The molecule has 0 saturated carbocycles. The molecule has 0 radical (unpaired) electrons. The molecule has 8 heteroatoms. The van der Waals surface area contributed by atoms with Crippen LogP contribution < -0.4 is 16.2 Å². The van der Waals surface area contributed by atoms with Crippen molar-refractivity contribution < 1.29 is 18.3 Å². The van der Waals surface area contributed by atoms with Gasteiger partial charge < -0.3 is 20.9 Å². The van der Waals surface area contributed by atoms with Crippen LogP contribution in [0.5, 0.6) is 0 Å². The van der Waals surface area contributed by atoms with Crippen molar-refractivity contribution in [1.82, 2.24) is 0 Å². The summed E-state index contributed by atoms with van der Waals surface area (Å²) in [6.07, 6.45) is -0.749. The molecule has 102 valence electrons. The first-order valence-electron chi connectivity index (χ1n) is 5.18. The van der Waals surface area contributed by atoms with Gasteiger partial charge in [0.1, 0.15) is 4.90 Å². The van der Waals surface area contributed by atoms with Gasteiger partial charge in [0.25, 0.3) is 0 Å². The van der Waals surface area contributed by atoms with E-state index in [9.17, 15) is 13.5 Å². The Labute approximate surface area is 106 Å². The zero-order valence-corrected chi connectivity index (χ0v) is 10.8. The summed E-state index contributed by atoms with van der Waals surface area (Å²) in [5.41, 5.74) is 6.10. The number of nitrogens with one attached hydrogen (secondary N) is 1. The minimum atomic E-state index is -3.87. The predicted octanol–water partition coefficient (Wildman–Crippen LogP) is -0.665. The number of aliphatic hydroxyl groups is 1. The van der Waals surface area contributed by atoms with Crippen molar-refractivity contribution in [3.63, 3.8) is 0 Å². The number of benzene rings is 1. The number of nitrogen functional groups attached to an aromatic ring is 1. The van der Waals surface area contributed by atoms with Gasteiger partial charge in [-0.1, -0.05) is 0 Å². The average molecular weight is 275 g/mol. The second-order valence-corrected chi connectivity index (χ2v) is 5.32. The number of ether oxygens (including phenoxy) is 1. The highest BCUT2D eigenvalue weighted by atomic mass is 32.2. The van der Waals surface area contributed by atoms with E-state index in [0.717, 1.165) is 0 Å². The van der Waals surface area contributed by atoms with Gasteiger partial charge in [-0.2, -0.15) is 0 Å². The maximum absolute atomic E-state index is 11.4. The lowest BCUT2D eigenvalue weighted by atomic mass is 10.2. The lowest BCUT2D eigenvalue weighted by Gasteiger charge is -2.14. The van der Waals surface area contributed by atoms with E-state index in [-0.39, 0.29) is 18.0 Å². The lowest BCUT2D eigenvalue weighted by Crippen LogP contribution is -2.25. The molecule has 1 aromatic carbocycles. The number of anilines is 2. The first-order chi connectivity index (χ1) is 8.34. The predicted molar refractivity (Wildman–Crippen MR) is 68.6 cm³/mol. The highest BCUT2D eigenvalue weighted by Crippen LogP contribution is 2.22.